The maximum atomic E-state index is 11.0. The molecule has 3 aromatic rings. The second-order valence-corrected chi connectivity index (χ2v) is 4.25. The second kappa shape index (κ2) is 5.40. The van der Waals surface area contributed by atoms with Gasteiger partial charge in [-0.25, -0.2) is 5.10 Å². The number of benzene rings is 2. The summed E-state index contributed by atoms with van der Waals surface area (Å²) in [5.74, 6) is 1.50. The summed E-state index contributed by atoms with van der Waals surface area (Å²) in [4.78, 5) is 11.0. The summed E-state index contributed by atoms with van der Waals surface area (Å²) in [5, 5.41) is 6.42. The summed E-state index contributed by atoms with van der Waals surface area (Å²) in [6.45, 7) is 0. The van der Waals surface area contributed by atoms with Crippen LogP contribution in [0.1, 0.15) is 0 Å². The molecule has 0 atom stereocenters. The van der Waals surface area contributed by atoms with E-state index in [1.54, 1.807) is 6.07 Å². The average Bonchev–Trinajstić information content (AvgIpc) is 2.49. The predicted molar refractivity (Wildman–Crippen MR) is 76.8 cm³/mol. The Morgan fingerprint density at radius 3 is 2.40 bits per heavy atom. The molecule has 1 heterocycles. The van der Waals surface area contributed by atoms with Gasteiger partial charge in [0, 0.05) is 11.6 Å². The molecule has 0 aliphatic carbocycles. The van der Waals surface area contributed by atoms with Gasteiger partial charge in [0.1, 0.15) is 11.5 Å². The standard InChI is InChI=1S/C16H12N2O2/c19-16-10-9-15(17-18-16)12-5-4-8-14(11-12)20-13-6-2-1-3-7-13/h1-11H,(H,18,19). The highest BCUT2D eigenvalue weighted by molar-refractivity contribution is 5.60. The molecule has 1 N–H and O–H groups in total. The minimum absolute atomic E-state index is 0.217. The van der Waals surface area contributed by atoms with Crippen molar-refractivity contribution in [2.75, 3.05) is 0 Å². The first-order valence-corrected chi connectivity index (χ1v) is 6.20. The lowest BCUT2D eigenvalue weighted by Crippen LogP contribution is -2.05. The molecule has 1 aromatic heterocycles. The van der Waals surface area contributed by atoms with E-state index < -0.39 is 0 Å². The Balaban J connectivity index is 1.90. The van der Waals surface area contributed by atoms with Crippen LogP contribution in [0.3, 0.4) is 0 Å². The van der Waals surface area contributed by atoms with E-state index in [2.05, 4.69) is 10.2 Å². The number of nitrogens with zero attached hydrogens (tertiary/aromatic N) is 1. The van der Waals surface area contributed by atoms with Crippen LogP contribution in [0.15, 0.2) is 71.5 Å². The first kappa shape index (κ1) is 12.2. The highest BCUT2D eigenvalue weighted by Gasteiger charge is 2.02. The maximum Gasteiger partial charge on any atom is 0.264 e. The molecule has 0 radical (unpaired) electrons. The summed E-state index contributed by atoms with van der Waals surface area (Å²) in [6, 6.07) is 20.3. The number of H-pyrrole nitrogens is 1. The van der Waals surface area contributed by atoms with Gasteiger partial charge in [-0.3, -0.25) is 4.79 Å². The molecule has 0 fully saturated rings. The van der Waals surface area contributed by atoms with Crippen molar-refractivity contribution in [3.63, 3.8) is 0 Å². The van der Waals surface area contributed by atoms with E-state index in [4.69, 9.17) is 4.74 Å². The highest BCUT2D eigenvalue weighted by atomic mass is 16.5. The van der Waals surface area contributed by atoms with Crippen molar-refractivity contribution in [3.05, 3.63) is 77.1 Å². The van der Waals surface area contributed by atoms with E-state index in [-0.39, 0.29) is 5.56 Å². The summed E-state index contributed by atoms with van der Waals surface area (Å²) in [7, 11) is 0. The molecule has 20 heavy (non-hydrogen) atoms. The molecule has 0 amide bonds. The molecule has 4 nitrogen and oxygen atoms in total. The van der Waals surface area contributed by atoms with E-state index in [1.165, 1.54) is 6.07 Å². The Kier molecular flexibility index (Phi) is 3.29. The van der Waals surface area contributed by atoms with Gasteiger partial charge in [-0.05, 0) is 30.3 Å². The van der Waals surface area contributed by atoms with Gasteiger partial charge in [0.2, 0.25) is 0 Å². The number of rotatable bonds is 3. The van der Waals surface area contributed by atoms with Crippen molar-refractivity contribution >= 4 is 0 Å². The minimum Gasteiger partial charge on any atom is -0.457 e. The van der Waals surface area contributed by atoms with Crippen molar-refractivity contribution in [3.8, 4) is 22.8 Å². The number of para-hydroxylation sites is 1. The first-order valence-electron chi connectivity index (χ1n) is 6.20. The monoisotopic (exact) mass is 264 g/mol. The van der Waals surface area contributed by atoms with Gasteiger partial charge >= 0.3 is 0 Å². The SMILES string of the molecule is O=c1ccc(-c2cccc(Oc3ccccc3)c2)n[nH]1. The van der Waals surface area contributed by atoms with Crippen molar-refractivity contribution in [1.29, 1.82) is 0 Å². The van der Waals surface area contributed by atoms with E-state index in [9.17, 15) is 4.79 Å². The number of nitrogens with one attached hydrogen (secondary N) is 1. The fourth-order valence-corrected chi connectivity index (χ4v) is 1.85. The zero-order chi connectivity index (χ0) is 13.8. The lowest BCUT2D eigenvalue weighted by molar-refractivity contribution is 0.483. The number of ether oxygens (including phenoxy) is 1. The van der Waals surface area contributed by atoms with Crippen molar-refractivity contribution < 1.29 is 4.74 Å². The summed E-state index contributed by atoms with van der Waals surface area (Å²) < 4.78 is 5.76. The van der Waals surface area contributed by atoms with Crippen molar-refractivity contribution in [1.82, 2.24) is 10.2 Å². The number of aromatic nitrogens is 2. The van der Waals surface area contributed by atoms with Gasteiger partial charge < -0.3 is 4.74 Å². The van der Waals surface area contributed by atoms with E-state index in [1.807, 2.05) is 54.6 Å². The lowest BCUT2D eigenvalue weighted by atomic mass is 10.1. The van der Waals surface area contributed by atoms with Gasteiger partial charge in [-0.2, -0.15) is 5.10 Å². The Hall–Kier alpha value is -2.88. The molecular formula is C16H12N2O2. The van der Waals surface area contributed by atoms with E-state index in [0.717, 1.165) is 17.1 Å². The van der Waals surface area contributed by atoms with Crippen LogP contribution in [0.2, 0.25) is 0 Å². The van der Waals surface area contributed by atoms with Gasteiger partial charge in [0.25, 0.3) is 5.56 Å². The third-order valence-corrected chi connectivity index (χ3v) is 2.79. The van der Waals surface area contributed by atoms with Crippen LogP contribution < -0.4 is 10.3 Å². The molecule has 0 saturated carbocycles. The van der Waals surface area contributed by atoms with Crippen LogP contribution in [0, 0.1) is 0 Å². The molecule has 0 bridgehead atoms. The molecule has 0 saturated heterocycles. The Labute approximate surface area is 115 Å². The van der Waals surface area contributed by atoms with Gasteiger partial charge in [-0.15, -0.1) is 0 Å². The highest BCUT2D eigenvalue weighted by Crippen LogP contribution is 2.25. The van der Waals surface area contributed by atoms with Crippen LogP contribution in [-0.2, 0) is 0 Å². The summed E-state index contributed by atoms with van der Waals surface area (Å²) in [6.07, 6.45) is 0. The van der Waals surface area contributed by atoms with Crippen LogP contribution >= 0.6 is 0 Å². The number of hydrogen-bond donors (Lipinski definition) is 1. The molecule has 0 aliphatic heterocycles. The largest absolute Gasteiger partial charge is 0.457 e. The zero-order valence-electron chi connectivity index (χ0n) is 10.6. The Morgan fingerprint density at radius 2 is 1.65 bits per heavy atom. The number of hydrogen-bond acceptors (Lipinski definition) is 3. The second-order valence-electron chi connectivity index (χ2n) is 4.25. The molecule has 0 spiro atoms. The van der Waals surface area contributed by atoms with E-state index in [0.29, 0.717) is 5.69 Å². The topological polar surface area (TPSA) is 55.0 Å². The smallest absolute Gasteiger partial charge is 0.264 e. The van der Waals surface area contributed by atoms with Gasteiger partial charge in [-0.1, -0.05) is 30.3 Å². The molecule has 2 aromatic carbocycles. The van der Waals surface area contributed by atoms with Gasteiger partial charge in [0.05, 0.1) is 5.69 Å². The fraction of sp³-hybridized carbons (Fsp3) is 0. The zero-order valence-corrected chi connectivity index (χ0v) is 10.6. The number of aromatic amines is 1. The first-order chi connectivity index (χ1) is 9.81. The predicted octanol–water partition coefficient (Wildman–Crippen LogP) is 3.23. The maximum absolute atomic E-state index is 11.0. The molecular weight excluding hydrogens is 252 g/mol. The van der Waals surface area contributed by atoms with Crippen LogP contribution in [0.4, 0.5) is 0 Å². The third kappa shape index (κ3) is 2.75. The van der Waals surface area contributed by atoms with Crippen molar-refractivity contribution in [2.24, 2.45) is 0 Å². The summed E-state index contributed by atoms with van der Waals surface area (Å²) >= 11 is 0. The molecule has 0 unspecified atom stereocenters. The van der Waals surface area contributed by atoms with E-state index >= 15 is 0 Å². The van der Waals surface area contributed by atoms with Crippen LogP contribution in [-0.4, -0.2) is 10.2 Å². The minimum atomic E-state index is -0.217. The normalized spacial score (nSPS) is 10.2. The average molecular weight is 264 g/mol. The van der Waals surface area contributed by atoms with Crippen LogP contribution in [0.5, 0.6) is 11.5 Å². The fourth-order valence-electron chi connectivity index (χ4n) is 1.85. The molecule has 98 valence electrons. The Bertz CT molecular complexity index is 746. The summed E-state index contributed by atoms with van der Waals surface area (Å²) in [5.41, 5.74) is 1.36. The van der Waals surface area contributed by atoms with Crippen molar-refractivity contribution in [2.45, 2.75) is 0 Å². The Morgan fingerprint density at radius 1 is 0.850 bits per heavy atom. The van der Waals surface area contributed by atoms with Gasteiger partial charge in [0.15, 0.2) is 0 Å². The third-order valence-electron chi connectivity index (χ3n) is 2.79. The molecule has 4 heteroatoms. The van der Waals surface area contributed by atoms with Crippen LogP contribution in [0.25, 0.3) is 11.3 Å². The molecule has 3 rings (SSSR count). The lowest BCUT2D eigenvalue weighted by Gasteiger charge is -2.07. The molecule has 0 aliphatic rings. The quantitative estimate of drug-likeness (QED) is 0.790.